The Balaban J connectivity index is 3.24. The SMILES string of the molecule is C=CC(=O)OC(C)(c1ccccc1)[N+](C)(C)CCC. The predicted molar refractivity (Wildman–Crippen MR) is 77.3 cm³/mol. The van der Waals surface area contributed by atoms with Gasteiger partial charge in [-0.3, -0.25) is 4.48 Å². The Morgan fingerprint density at radius 2 is 1.95 bits per heavy atom. The standard InChI is InChI=1S/C16H24NO2/c1-6-13-17(4,5)16(3,19-15(18)7-2)14-11-9-8-10-12-14/h7-12H,2,6,13H2,1,3-5H3/q+1. The van der Waals surface area contributed by atoms with Crippen molar-refractivity contribution in [2.24, 2.45) is 0 Å². The molecule has 1 aromatic carbocycles. The Labute approximate surface area is 116 Å². The van der Waals surface area contributed by atoms with Crippen molar-refractivity contribution in [1.82, 2.24) is 0 Å². The van der Waals surface area contributed by atoms with Gasteiger partial charge >= 0.3 is 5.97 Å². The zero-order valence-corrected chi connectivity index (χ0v) is 12.3. The lowest BCUT2D eigenvalue weighted by atomic mass is 10.0. The molecule has 1 unspecified atom stereocenters. The first-order valence-corrected chi connectivity index (χ1v) is 6.61. The molecule has 0 radical (unpaired) electrons. The summed E-state index contributed by atoms with van der Waals surface area (Å²) >= 11 is 0. The first-order chi connectivity index (χ1) is 8.87. The van der Waals surface area contributed by atoms with Gasteiger partial charge in [0.05, 0.1) is 26.2 Å². The summed E-state index contributed by atoms with van der Waals surface area (Å²) in [5.41, 5.74) is 0.270. The minimum atomic E-state index is -0.720. The number of hydrogen-bond donors (Lipinski definition) is 0. The second-order valence-corrected chi connectivity index (χ2v) is 5.38. The monoisotopic (exact) mass is 262 g/mol. The molecule has 0 fully saturated rings. The molecule has 0 amide bonds. The molecular formula is C16H24NO2+. The van der Waals surface area contributed by atoms with E-state index in [1.165, 1.54) is 6.08 Å². The summed E-state index contributed by atoms with van der Waals surface area (Å²) in [4.78, 5) is 11.7. The average molecular weight is 262 g/mol. The average Bonchev–Trinajstić information content (AvgIpc) is 2.39. The zero-order valence-electron chi connectivity index (χ0n) is 12.3. The summed E-state index contributed by atoms with van der Waals surface area (Å²) in [6.45, 7) is 8.48. The van der Waals surface area contributed by atoms with Gasteiger partial charge in [-0.2, -0.15) is 0 Å². The van der Waals surface area contributed by atoms with Crippen LogP contribution in [0, 0.1) is 0 Å². The van der Waals surface area contributed by atoms with Crippen molar-refractivity contribution in [3.63, 3.8) is 0 Å². The van der Waals surface area contributed by atoms with Crippen LogP contribution in [0.5, 0.6) is 0 Å². The van der Waals surface area contributed by atoms with Crippen LogP contribution in [-0.4, -0.2) is 31.1 Å². The van der Waals surface area contributed by atoms with E-state index in [0.717, 1.165) is 18.5 Å². The molecule has 1 rings (SSSR count). The van der Waals surface area contributed by atoms with Crippen LogP contribution in [0.4, 0.5) is 0 Å². The van der Waals surface area contributed by atoms with Crippen LogP contribution in [0.3, 0.4) is 0 Å². The van der Waals surface area contributed by atoms with E-state index in [0.29, 0.717) is 4.48 Å². The van der Waals surface area contributed by atoms with E-state index < -0.39 is 11.7 Å². The maximum Gasteiger partial charge on any atom is 0.335 e. The van der Waals surface area contributed by atoms with E-state index in [1.807, 2.05) is 37.3 Å². The van der Waals surface area contributed by atoms with Gasteiger partial charge in [0, 0.05) is 13.0 Å². The molecule has 0 spiro atoms. The van der Waals surface area contributed by atoms with Gasteiger partial charge < -0.3 is 4.74 Å². The van der Waals surface area contributed by atoms with Crippen LogP contribution in [-0.2, 0) is 15.3 Å². The zero-order chi connectivity index (χ0) is 14.5. The molecule has 3 nitrogen and oxygen atoms in total. The summed E-state index contributed by atoms with van der Waals surface area (Å²) < 4.78 is 6.28. The van der Waals surface area contributed by atoms with Gasteiger partial charge in [-0.05, 0) is 18.6 Å². The first kappa shape index (κ1) is 15.4. The fourth-order valence-corrected chi connectivity index (χ4v) is 2.29. The fraction of sp³-hybridized carbons (Fsp3) is 0.438. The highest BCUT2D eigenvalue weighted by atomic mass is 16.6. The molecule has 0 saturated carbocycles. The second-order valence-electron chi connectivity index (χ2n) is 5.38. The van der Waals surface area contributed by atoms with Crippen LogP contribution in [0.15, 0.2) is 43.0 Å². The number of rotatable bonds is 6. The van der Waals surface area contributed by atoms with Crippen molar-refractivity contribution < 1.29 is 14.0 Å². The third kappa shape index (κ3) is 3.24. The summed E-state index contributed by atoms with van der Waals surface area (Å²) in [6, 6.07) is 9.86. The molecule has 19 heavy (non-hydrogen) atoms. The number of benzene rings is 1. The Morgan fingerprint density at radius 1 is 1.37 bits per heavy atom. The molecular weight excluding hydrogens is 238 g/mol. The summed E-state index contributed by atoms with van der Waals surface area (Å²) in [7, 11) is 4.15. The molecule has 0 aliphatic heterocycles. The molecule has 0 heterocycles. The van der Waals surface area contributed by atoms with Crippen LogP contribution in [0.1, 0.15) is 25.8 Å². The number of hydrogen-bond acceptors (Lipinski definition) is 2. The largest absolute Gasteiger partial charge is 0.402 e. The van der Waals surface area contributed by atoms with E-state index in [-0.39, 0.29) is 0 Å². The molecule has 3 heteroatoms. The Hall–Kier alpha value is -1.61. The molecule has 0 N–H and O–H groups in total. The number of ether oxygens (including phenoxy) is 1. The Bertz CT molecular complexity index is 439. The number of carbonyl (C=O) groups excluding carboxylic acids is 1. The first-order valence-electron chi connectivity index (χ1n) is 6.61. The summed E-state index contributed by atoms with van der Waals surface area (Å²) in [5, 5.41) is 0. The highest BCUT2D eigenvalue weighted by Crippen LogP contribution is 2.34. The maximum absolute atomic E-state index is 11.7. The molecule has 0 bridgehead atoms. The predicted octanol–water partition coefficient (Wildman–Crippen LogP) is 3.07. The number of nitrogens with zero attached hydrogens (tertiary/aromatic N) is 1. The minimum absolute atomic E-state index is 0.395. The highest BCUT2D eigenvalue weighted by molar-refractivity contribution is 5.81. The topological polar surface area (TPSA) is 26.3 Å². The fourth-order valence-electron chi connectivity index (χ4n) is 2.29. The van der Waals surface area contributed by atoms with Crippen molar-refractivity contribution in [2.75, 3.05) is 20.6 Å². The van der Waals surface area contributed by atoms with Crippen molar-refractivity contribution in [3.8, 4) is 0 Å². The van der Waals surface area contributed by atoms with Crippen LogP contribution in [0.2, 0.25) is 0 Å². The number of quaternary nitrogens is 1. The Kier molecular flexibility index (Phi) is 4.90. The number of esters is 1. The van der Waals surface area contributed by atoms with Crippen molar-refractivity contribution >= 4 is 5.97 Å². The van der Waals surface area contributed by atoms with Crippen molar-refractivity contribution in [2.45, 2.75) is 26.0 Å². The van der Waals surface area contributed by atoms with Gasteiger partial charge in [-0.1, -0.05) is 31.7 Å². The lowest BCUT2D eigenvalue weighted by molar-refractivity contribution is -0.971. The van der Waals surface area contributed by atoms with Gasteiger partial charge in [0.25, 0.3) is 5.72 Å². The van der Waals surface area contributed by atoms with Gasteiger partial charge in [0.15, 0.2) is 0 Å². The van der Waals surface area contributed by atoms with Crippen LogP contribution in [0.25, 0.3) is 0 Å². The second kappa shape index (κ2) is 6.02. The molecule has 0 aromatic heterocycles. The van der Waals surface area contributed by atoms with Crippen molar-refractivity contribution in [1.29, 1.82) is 0 Å². The van der Waals surface area contributed by atoms with Crippen molar-refractivity contribution in [3.05, 3.63) is 48.6 Å². The molecule has 1 aromatic rings. The molecule has 0 saturated heterocycles. The quantitative estimate of drug-likeness (QED) is 0.341. The van der Waals surface area contributed by atoms with Crippen LogP contribution < -0.4 is 0 Å². The highest BCUT2D eigenvalue weighted by Gasteiger charge is 2.45. The number of carbonyl (C=O) groups is 1. The maximum atomic E-state index is 11.7. The smallest absolute Gasteiger partial charge is 0.335 e. The van der Waals surface area contributed by atoms with E-state index >= 15 is 0 Å². The van der Waals surface area contributed by atoms with E-state index in [9.17, 15) is 4.79 Å². The third-order valence-corrected chi connectivity index (χ3v) is 3.71. The van der Waals surface area contributed by atoms with Gasteiger partial charge in [-0.15, -0.1) is 0 Å². The molecule has 1 atom stereocenters. The molecule has 0 aliphatic rings. The lowest BCUT2D eigenvalue weighted by Crippen LogP contribution is -2.58. The summed E-state index contributed by atoms with van der Waals surface area (Å²) in [6.07, 6.45) is 2.23. The minimum Gasteiger partial charge on any atom is -0.402 e. The molecule has 0 aliphatic carbocycles. The van der Waals surface area contributed by atoms with Gasteiger partial charge in [0.2, 0.25) is 0 Å². The summed E-state index contributed by atoms with van der Waals surface area (Å²) in [5.74, 6) is -0.395. The van der Waals surface area contributed by atoms with E-state index in [1.54, 1.807) is 0 Å². The third-order valence-electron chi connectivity index (χ3n) is 3.71. The van der Waals surface area contributed by atoms with Gasteiger partial charge in [0.1, 0.15) is 0 Å². The lowest BCUT2D eigenvalue weighted by Gasteiger charge is -2.45. The van der Waals surface area contributed by atoms with E-state index in [2.05, 4.69) is 27.6 Å². The van der Waals surface area contributed by atoms with E-state index in [4.69, 9.17) is 4.74 Å². The molecule has 104 valence electrons. The Morgan fingerprint density at radius 3 is 2.42 bits per heavy atom. The normalized spacial score (nSPS) is 14.5. The van der Waals surface area contributed by atoms with Gasteiger partial charge in [-0.25, -0.2) is 4.79 Å². The van der Waals surface area contributed by atoms with Crippen LogP contribution >= 0.6 is 0 Å².